The lowest BCUT2D eigenvalue weighted by Crippen LogP contribution is -2.45. The van der Waals surface area contributed by atoms with Gasteiger partial charge in [0.15, 0.2) is 5.75 Å². The number of aromatic nitrogens is 4. The van der Waals surface area contributed by atoms with Crippen LogP contribution in [0.25, 0.3) is 11.3 Å². The third-order valence-electron chi connectivity index (χ3n) is 8.89. The number of hydrogen-bond donors (Lipinski definition) is 1. The molecule has 4 aromatic rings. The molecule has 1 aliphatic carbocycles. The van der Waals surface area contributed by atoms with Crippen molar-refractivity contribution < 1.29 is 22.7 Å². The molecule has 11 nitrogen and oxygen atoms in total. The fourth-order valence-corrected chi connectivity index (χ4v) is 7.62. The molecule has 0 spiro atoms. The van der Waals surface area contributed by atoms with E-state index in [2.05, 4.69) is 59.3 Å². The molecule has 1 aliphatic heterocycles. The number of carbonyl (C=O) groups excluding carboxylic acids is 1. The van der Waals surface area contributed by atoms with Crippen LogP contribution in [0, 0.1) is 24.7 Å². The van der Waals surface area contributed by atoms with Crippen molar-refractivity contribution in [3.8, 4) is 22.9 Å². The van der Waals surface area contributed by atoms with Crippen LogP contribution in [0.5, 0.6) is 11.6 Å². The van der Waals surface area contributed by atoms with Crippen molar-refractivity contribution in [2.45, 2.75) is 91.3 Å². The van der Waals surface area contributed by atoms with Crippen molar-refractivity contribution in [1.29, 1.82) is 0 Å². The summed E-state index contributed by atoms with van der Waals surface area (Å²) in [7, 11) is -4.18. The minimum atomic E-state index is -4.18. The van der Waals surface area contributed by atoms with Crippen molar-refractivity contribution in [3.63, 3.8) is 0 Å². The van der Waals surface area contributed by atoms with E-state index in [1.165, 1.54) is 12.1 Å². The zero-order valence-electron chi connectivity index (χ0n) is 29.1. The first-order chi connectivity index (χ1) is 23.0. The van der Waals surface area contributed by atoms with Crippen LogP contribution >= 0.6 is 0 Å². The van der Waals surface area contributed by atoms with Crippen LogP contribution in [-0.2, 0) is 16.6 Å². The Balaban J connectivity index is 1.40. The number of sulfonamides is 1. The Morgan fingerprint density at radius 1 is 1.00 bits per heavy atom. The van der Waals surface area contributed by atoms with Gasteiger partial charge in [0.25, 0.3) is 15.9 Å². The maximum Gasteiger partial charge on any atom is 0.264 e. The van der Waals surface area contributed by atoms with Crippen LogP contribution in [0.4, 0.5) is 5.95 Å². The molecule has 2 aromatic carbocycles. The number of carbonyl (C=O) groups is 1. The summed E-state index contributed by atoms with van der Waals surface area (Å²) < 4.78 is 42.3. The van der Waals surface area contributed by atoms with Crippen molar-refractivity contribution in [2.75, 3.05) is 11.3 Å². The summed E-state index contributed by atoms with van der Waals surface area (Å²) in [5.41, 5.74) is 3.59. The van der Waals surface area contributed by atoms with Crippen LogP contribution in [0.15, 0.2) is 65.8 Å². The Morgan fingerprint density at radius 2 is 1.67 bits per heavy atom. The maximum atomic E-state index is 14.4. The largest absolute Gasteiger partial charge is 0.487 e. The fraction of sp³-hybridized carbons (Fsp3) is 0.432. The van der Waals surface area contributed by atoms with Gasteiger partial charge in [0.1, 0.15) is 12.4 Å². The molecule has 0 radical (unpaired) electrons. The molecule has 4 bridgehead atoms. The molecule has 49 heavy (non-hydrogen) atoms. The summed E-state index contributed by atoms with van der Waals surface area (Å²) in [4.78, 5) is 34.2. The number of amides is 1. The smallest absolute Gasteiger partial charge is 0.264 e. The van der Waals surface area contributed by atoms with E-state index >= 15 is 0 Å². The highest BCUT2D eigenvalue weighted by Crippen LogP contribution is 2.42. The average Bonchev–Trinajstić information content (AvgIpc) is 3.00. The van der Waals surface area contributed by atoms with Crippen LogP contribution in [0.1, 0.15) is 81.2 Å². The Hall–Kier alpha value is -4.58. The number of anilines is 1. The van der Waals surface area contributed by atoms with Crippen molar-refractivity contribution in [2.24, 2.45) is 10.8 Å². The fourth-order valence-electron chi connectivity index (χ4n) is 6.63. The first-order valence-electron chi connectivity index (χ1n) is 16.6. The van der Waals surface area contributed by atoms with Crippen LogP contribution < -0.4 is 14.2 Å². The molecule has 1 N–H and O–H groups in total. The number of hydrogen-bond acceptors (Lipinski definition) is 9. The summed E-state index contributed by atoms with van der Waals surface area (Å²) in [6.07, 6.45) is 5.92. The van der Waals surface area contributed by atoms with Gasteiger partial charge in [0.05, 0.1) is 41.7 Å². The van der Waals surface area contributed by atoms with Crippen LogP contribution in [0.2, 0.25) is 0 Å². The van der Waals surface area contributed by atoms with E-state index in [0.717, 1.165) is 29.5 Å². The molecule has 1 fully saturated rings. The average molecular weight is 685 g/mol. The number of fused-ring (bicyclic) bond motifs is 4. The Kier molecular flexibility index (Phi) is 9.12. The van der Waals surface area contributed by atoms with Crippen molar-refractivity contribution >= 4 is 21.9 Å². The van der Waals surface area contributed by atoms with Gasteiger partial charge in [-0.15, -0.1) is 0 Å². The monoisotopic (exact) mass is 684 g/mol. The molecule has 12 heteroatoms. The Morgan fingerprint density at radius 3 is 2.33 bits per heavy atom. The molecule has 1 saturated carbocycles. The quantitative estimate of drug-likeness (QED) is 0.234. The second-order valence-electron chi connectivity index (χ2n) is 15.1. The van der Waals surface area contributed by atoms with Gasteiger partial charge in [-0.1, -0.05) is 58.9 Å². The maximum absolute atomic E-state index is 14.4. The van der Waals surface area contributed by atoms with Crippen molar-refractivity contribution in [1.82, 2.24) is 24.8 Å². The zero-order chi connectivity index (χ0) is 35.1. The standard InChI is InChI=1S/C37H44N6O5S/c1-23-10-8-11-24(2)33(23)30-15-32-41-35(40-30)42-49(45,46)29-13-9-12-25(14-29)34(44)43(26(22-47-32)16-36(3,4)5)21-31-38-19-28(20-39-31)48-27-17-37(6,7)18-27/h8-15,19-20,26-27H,16-18,21-22H2,1-7H3,(H,40,41,42)/t26-/m1/s1. The van der Waals surface area contributed by atoms with Gasteiger partial charge in [-0.05, 0) is 73.3 Å². The lowest BCUT2D eigenvalue weighted by atomic mass is 9.70. The van der Waals surface area contributed by atoms with Gasteiger partial charge in [0.2, 0.25) is 11.8 Å². The minimum absolute atomic E-state index is 0.0670. The lowest BCUT2D eigenvalue weighted by molar-refractivity contribution is 0.0100. The first kappa shape index (κ1) is 34.3. The van der Waals surface area contributed by atoms with Crippen LogP contribution in [-0.4, -0.2) is 57.9 Å². The number of benzene rings is 2. The van der Waals surface area contributed by atoms with E-state index in [0.29, 0.717) is 23.7 Å². The second kappa shape index (κ2) is 13.0. The molecule has 1 atom stereocenters. The van der Waals surface area contributed by atoms with Gasteiger partial charge in [-0.2, -0.15) is 4.98 Å². The molecule has 0 saturated heterocycles. The van der Waals surface area contributed by atoms with Gasteiger partial charge >= 0.3 is 0 Å². The topological polar surface area (TPSA) is 136 Å². The summed E-state index contributed by atoms with van der Waals surface area (Å²) in [6, 6.07) is 13.1. The van der Waals surface area contributed by atoms with E-state index in [9.17, 15) is 13.2 Å². The molecule has 3 heterocycles. The SMILES string of the molecule is Cc1cccc(C)c1-c1cc2nc(n1)NS(=O)(=O)c1cccc(c1)C(=O)N(Cc1ncc(OC3CC(C)(C)C3)cn1)[C@H](CC(C)(C)C)CO2. The predicted molar refractivity (Wildman–Crippen MR) is 187 cm³/mol. The third-order valence-corrected chi connectivity index (χ3v) is 10.2. The highest BCUT2D eigenvalue weighted by Gasteiger charge is 2.38. The van der Waals surface area contributed by atoms with Gasteiger partial charge in [0, 0.05) is 17.2 Å². The molecular weight excluding hydrogens is 641 g/mol. The molecular formula is C37H44N6O5S. The zero-order valence-corrected chi connectivity index (χ0v) is 30.0. The molecule has 1 amide bonds. The molecule has 2 aromatic heterocycles. The van der Waals surface area contributed by atoms with Crippen LogP contribution in [0.3, 0.4) is 0 Å². The third kappa shape index (κ3) is 8.01. The van der Waals surface area contributed by atoms with E-state index in [4.69, 9.17) is 9.47 Å². The minimum Gasteiger partial charge on any atom is -0.487 e. The van der Waals surface area contributed by atoms with E-state index < -0.39 is 16.1 Å². The molecule has 6 rings (SSSR count). The highest BCUT2D eigenvalue weighted by molar-refractivity contribution is 7.92. The molecule has 0 unspecified atom stereocenters. The van der Waals surface area contributed by atoms with Crippen molar-refractivity contribution in [3.05, 3.63) is 83.4 Å². The van der Waals surface area contributed by atoms with Gasteiger partial charge < -0.3 is 14.4 Å². The van der Waals surface area contributed by atoms with Gasteiger partial charge in [-0.25, -0.2) is 28.1 Å². The summed E-state index contributed by atoms with van der Waals surface area (Å²) in [6.45, 7) is 14.8. The van der Waals surface area contributed by atoms with E-state index in [1.54, 1.807) is 35.5 Å². The molecule has 258 valence electrons. The number of nitrogens with one attached hydrogen (secondary N) is 1. The lowest BCUT2D eigenvalue weighted by Gasteiger charge is -2.42. The van der Waals surface area contributed by atoms with Gasteiger partial charge in [-0.3, -0.25) is 4.79 Å². The second-order valence-corrected chi connectivity index (χ2v) is 16.8. The highest BCUT2D eigenvalue weighted by atomic mass is 32.2. The Labute approximate surface area is 288 Å². The summed E-state index contributed by atoms with van der Waals surface area (Å²) in [5, 5.41) is 0. The first-order valence-corrected chi connectivity index (χ1v) is 18.0. The Bertz CT molecular complexity index is 1950. The molecule has 2 aliphatic rings. The summed E-state index contributed by atoms with van der Waals surface area (Å²) in [5.74, 6) is 0.685. The van der Waals surface area contributed by atoms with E-state index in [1.807, 2.05) is 32.0 Å². The number of rotatable bonds is 6. The normalized spacial score (nSPS) is 19.0. The summed E-state index contributed by atoms with van der Waals surface area (Å²) >= 11 is 0. The predicted octanol–water partition coefficient (Wildman–Crippen LogP) is 6.76. The number of ether oxygens (including phenoxy) is 2. The number of nitrogens with zero attached hydrogens (tertiary/aromatic N) is 5. The number of aryl methyl sites for hydroxylation is 2. The van der Waals surface area contributed by atoms with E-state index in [-0.39, 0.29) is 58.3 Å².